The molecule has 1 saturated heterocycles. The van der Waals surface area contributed by atoms with Crippen LogP contribution >= 0.6 is 0 Å². The van der Waals surface area contributed by atoms with Gasteiger partial charge in [0.15, 0.2) is 0 Å². The van der Waals surface area contributed by atoms with Crippen molar-refractivity contribution in [2.75, 3.05) is 31.2 Å². The lowest BCUT2D eigenvalue weighted by Gasteiger charge is -2.29. The summed E-state index contributed by atoms with van der Waals surface area (Å²) in [6.07, 6.45) is 3.40. The van der Waals surface area contributed by atoms with Crippen molar-refractivity contribution in [2.45, 2.75) is 0 Å². The molecule has 0 atom stereocenters. The molecule has 0 saturated carbocycles. The minimum absolute atomic E-state index is 0.238. The third-order valence-electron chi connectivity index (χ3n) is 3.86. The number of hydrogen-bond donors (Lipinski definition) is 1. The lowest BCUT2D eigenvalue weighted by atomic mass is 10.1. The highest BCUT2D eigenvalue weighted by Gasteiger charge is 2.16. The number of aromatic nitrogens is 3. The maximum Gasteiger partial charge on any atom is 0.147 e. The summed E-state index contributed by atoms with van der Waals surface area (Å²) in [5, 5.41) is 0. The van der Waals surface area contributed by atoms with Gasteiger partial charge in [0, 0.05) is 24.8 Å². The van der Waals surface area contributed by atoms with E-state index in [1.165, 1.54) is 6.07 Å². The molecule has 1 N–H and O–H groups in total. The molecule has 0 radical (unpaired) electrons. The van der Waals surface area contributed by atoms with Crippen molar-refractivity contribution in [3.8, 4) is 11.4 Å². The normalized spacial score (nSPS) is 15.4. The van der Waals surface area contributed by atoms with Crippen LogP contribution in [0.3, 0.4) is 0 Å². The van der Waals surface area contributed by atoms with E-state index in [2.05, 4.69) is 15.0 Å². The Morgan fingerprint density at radius 2 is 2.05 bits per heavy atom. The third-order valence-corrected chi connectivity index (χ3v) is 3.86. The van der Waals surface area contributed by atoms with Crippen molar-refractivity contribution in [3.63, 3.8) is 0 Å². The zero-order valence-corrected chi connectivity index (χ0v) is 11.9. The second kappa shape index (κ2) is 5.38. The van der Waals surface area contributed by atoms with E-state index in [0.717, 1.165) is 16.6 Å². The Morgan fingerprint density at radius 1 is 1.18 bits per heavy atom. The molecule has 0 aliphatic carbocycles. The topological polar surface area (TPSA) is 54.0 Å². The lowest BCUT2D eigenvalue weighted by molar-refractivity contribution is 0.122. The van der Waals surface area contributed by atoms with Crippen molar-refractivity contribution < 1.29 is 9.13 Å². The molecule has 0 spiro atoms. The highest BCUT2D eigenvalue weighted by Crippen LogP contribution is 2.26. The first-order valence-electron chi connectivity index (χ1n) is 7.23. The Hall–Kier alpha value is -2.47. The van der Waals surface area contributed by atoms with Crippen molar-refractivity contribution in [1.82, 2.24) is 15.0 Å². The van der Waals surface area contributed by atoms with Crippen molar-refractivity contribution in [1.29, 1.82) is 0 Å². The minimum atomic E-state index is -0.238. The van der Waals surface area contributed by atoms with Gasteiger partial charge in [-0.1, -0.05) is 0 Å². The molecule has 0 amide bonds. The zero-order chi connectivity index (χ0) is 14.9. The zero-order valence-electron chi connectivity index (χ0n) is 11.9. The van der Waals surface area contributed by atoms with Gasteiger partial charge in [-0.2, -0.15) is 0 Å². The van der Waals surface area contributed by atoms with Crippen LogP contribution in [0.4, 0.5) is 10.1 Å². The molecule has 4 rings (SSSR count). The summed E-state index contributed by atoms with van der Waals surface area (Å²) in [5.74, 6) is 0.411. The largest absolute Gasteiger partial charge is 0.378 e. The maximum atomic E-state index is 14.4. The number of ether oxygens (including phenoxy) is 1. The molecular weight excluding hydrogens is 283 g/mol. The monoisotopic (exact) mass is 298 g/mol. The van der Waals surface area contributed by atoms with Gasteiger partial charge in [-0.05, 0) is 24.3 Å². The van der Waals surface area contributed by atoms with E-state index in [0.29, 0.717) is 37.8 Å². The smallest absolute Gasteiger partial charge is 0.147 e. The van der Waals surface area contributed by atoms with Gasteiger partial charge in [0.25, 0.3) is 0 Å². The lowest BCUT2D eigenvalue weighted by Crippen LogP contribution is -2.36. The van der Waals surface area contributed by atoms with E-state index in [4.69, 9.17) is 4.74 Å². The highest BCUT2D eigenvalue weighted by molar-refractivity contribution is 5.78. The number of H-pyrrole nitrogens is 1. The molecule has 1 aliphatic heterocycles. The van der Waals surface area contributed by atoms with Crippen molar-refractivity contribution in [3.05, 3.63) is 42.5 Å². The van der Waals surface area contributed by atoms with Crippen molar-refractivity contribution >= 4 is 16.7 Å². The number of aromatic amines is 1. The first-order chi connectivity index (χ1) is 10.8. The van der Waals surface area contributed by atoms with Gasteiger partial charge < -0.3 is 14.6 Å². The van der Waals surface area contributed by atoms with Crippen LogP contribution in [0.15, 0.2) is 36.7 Å². The number of pyridine rings is 1. The molecule has 1 aliphatic rings. The molecule has 6 heteroatoms. The Labute approximate surface area is 126 Å². The number of benzene rings is 1. The second-order valence-corrected chi connectivity index (χ2v) is 5.24. The summed E-state index contributed by atoms with van der Waals surface area (Å²) in [4.78, 5) is 13.7. The van der Waals surface area contributed by atoms with Crippen LogP contribution in [0.25, 0.3) is 22.4 Å². The van der Waals surface area contributed by atoms with E-state index >= 15 is 0 Å². The fourth-order valence-electron chi connectivity index (χ4n) is 2.71. The summed E-state index contributed by atoms with van der Waals surface area (Å²) >= 11 is 0. The van der Waals surface area contributed by atoms with E-state index in [-0.39, 0.29) is 5.82 Å². The number of nitrogens with one attached hydrogen (secondary N) is 1. The van der Waals surface area contributed by atoms with Crippen LogP contribution in [0.2, 0.25) is 0 Å². The van der Waals surface area contributed by atoms with Gasteiger partial charge in [0.2, 0.25) is 0 Å². The number of hydrogen-bond acceptors (Lipinski definition) is 4. The number of rotatable bonds is 2. The van der Waals surface area contributed by atoms with Crippen LogP contribution in [0.1, 0.15) is 0 Å². The number of morpholine rings is 1. The average Bonchev–Trinajstić information content (AvgIpc) is 2.99. The molecule has 22 heavy (non-hydrogen) atoms. The molecule has 0 bridgehead atoms. The molecule has 2 aromatic heterocycles. The second-order valence-electron chi connectivity index (χ2n) is 5.24. The Morgan fingerprint density at radius 3 is 2.82 bits per heavy atom. The van der Waals surface area contributed by atoms with Gasteiger partial charge in [0.05, 0.1) is 36.1 Å². The summed E-state index contributed by atoms with van der Waals surface area (Å²) in [5.41, 5.74) is 3.01. The SMILES string of the molecule is Fc1cc(-c2nc3ccncc3[nH]2)ccc1N1CCOCC1. The van der Waals surface area contributed by atoms with Crippen LogP contribution in [0, 0.1) is 5.82 Å². The van der Waals surface area contributed by atoms with Gasteiger partial charge in [-0.25, -0.2) is 9.37 Å². The number of fused-ring (bicyclic) bond motifs is 1. The molecule has 1 fully saturated rings. The fourth-order valence-corrected chi connectivity index (χ4v) is 2.71. The van der Waals surface area contributed by atoms with Crippen LogP contribution in [-0.4, -0.2) is 41.3 Å². The highest BCUT2D eigenvalue weighted by atomic mass is 19.1. The van der Waals surface area contributed by atoms with Gasteiger partial charge in [-0.3, -0.25) is 4.98 Å². The number of halogens is 1. The van der Waals surface area contributed by atoms with Crippen LogP contribution < -0.4 is 4.90 Å². The average molecular weight is 298 g/mol. The molecule has 0 unspecified atom stereocenters. The quantitative estimate of drug-likeness (QED) is 0.790. The first-order valence-corrected chi connectivity index (χ1v) is 7.23. The molecular formula is C16H15FN4O. The van der Waals surface area contributed by atoms with Crippen LogP contribution in [-0.2, 0) is 4.74 Å². The summed E-state index contributed by atoms with van der Waals surface area (Å²) in [7, 11) is 0. The fraction of sp³-hybridized carbons (Fsp3) is 0.250. The predicted octanol–water partition coefficient (Wildman–Crippen LogP) is 2.60. The molecule has 1 aromatic carbocycles. The standard InChI is InChI=1S/C16H15FN4O/c17-12-9-11(1-2-15(12)21-5-7-22-8-6-21)16-19-13-3-4-18-10-14(13)20-16/h1-4,9-10H,5-8H2,(H,19,20). The minimum Gasteiger partial charge on any atom is -0.378 e. The summed E-state index contributed by atoms with van der Waals surface area (Å²) < 4.78 is 19.7. The number of nitrogens with zero attached hydrogens (tertiary/aromatic N) is 3. The molecule has 112 valence electrons. The van der Waals surface area contributed by atoms with Crippen LogP contribution in [0.5, 0.6) is 0 Å². The summed E-state index contributed by atoms with van der Waals surface area (Å²) in [6, 6.07) is 7.05. The Kier molecular flexibility index (Phi) is 3.23. The third kappa shape index (κ3) is 2.31. The Bertz CT molecular complexity index is 778. The predicted molar refractivity (Wildman–Crippen MR) is 82.3 cm³/mol. The van der Waals surface area contributed by atoms with E-state index in [1.807, 2.05) is 17.0 Å². The number of imidazole rings is 1. The number of anilines is 1. The maximum absolute atomic E-state index is 14.4. The van der Waals surface area contributed by atoms with E-state index in [9.17, 15) is 4.39 Å². The molecule has 5 nitrogen and oxygen atoms in total. The first kappa shape index (κ1) is 13.2. The van der Waals surface area contributed by atoms with E-state index in [1.54, 1.807) is 18.5 Å². The Balaban J connectivity index is 1.69. The van der Waals surface area contributed by atoms with Gasteiger partial charge >= 0.3 is 0 Å². The molecule has 3 heterocycles. The summed E-state index contributed by atoms with van der Waals surface area (Å²) in [6.45, 7) is 2.70. The van der Waals surface area contributed by atoms with Crippen molar-refractivity contribution in [2.24, 2.45) is 0 Å². The van der Waals surface area contributed by atoms with Gasteiger partial charge in [0.1, 0.15) is 11.6 Å². The van der Waals surface area contributed by atoms with Gasteiger partial charge in [-0.15, -0.1) is 0 Å². The van der Waals surface area contributed by atoms with E-state index < -0.39 is 0 Å². The molecule has 3 aromatic rings.